The second-order valence-electron chi connectivity index (χ2n) is 8.03. The number of hydrogen-bond acceptors (Lipinski definition) is 6. The number of hydrogen-bond donors (Lipinski definition) is 1. The van der Waals surface area contributed by atoms with Crippen LogP contribution in [0.25, 0.3) is 16.9 Å². The standard InChI is InChI=1S/C23H21F4N7O3/c1-32(2)19(35)12-33-11-17(30-22(36)15-10-29-34-7-3-6-28-21(15)34)20(31-33)14-8-13(16(25)9-24)4-5-18(14)37-23(26)27/h3-8,10-11,16,23H,9,12H2,1-2H3,(H,30,36). The Morgan fingerprint density at radius 1 is 1.22 bits per heavy atom. The summed E-state index contributed by atoms with van der Waals surface area (Å²) < 4.78 is 60.6. The molecule has 3 aromatic heterocycles. The van der Waals surface area contributed by atoms with Crippen molar-refractivity contribution in [2.24, 2.45) is 0 Å². The number of nitrogens with one attached hydrogen (secondary N) is 1. The zero-order chi connectivity index (χ0) is 26.7. The smallest absolute Gasteiger partial charge is 0.387 e. The molecule has 14 heteroatoms. The molecule has 0 saturated carbocycles. The number of anilines is 1. The minimum absolute atomic E-state index is 0.00115. The molecular formula is C23H21F4N7O3. The predicted molar refractivity (Wildman–Crippen MR) is 124 cm³/mol. The molecule has 0 fully saturated rings. The van der Waals surface area contributed by atoms with Gasteiger partial charge in [0.1, 0.15) is 30.2 Å². The van der Waals surface area contributed by atoms with Crippen LogP contribution in [0.5, 0.6) is 5.75 Å². The molecule has 0 aliphatic heterocycles. The summed E-state index contributed by atoms with van der Waals surface area (Å²) in [6, 6.07) is 4.90. The van der Waals surface area contributed by atoms with Crippen LogP contribution in [0.3, 0.4) is 0 Å². The monoisotopic (exact) mass is 519 g/mol. The molecular weight excluding hydrogens is 498 g/mol. The Balaban J connectivity index is 1.81. The number of ether oxygens (including phenoxy) is 1. The van der Waals surface area contributed by atoms with Gasteiger partial charge in [0.05, 0.1) is 11.9 Å². The van der Waals surface area contributed by atoms with E-state index in [2.05, 4.69) is 25.2 Å². The summed E-state index contributed by atoms with van der Waals surface area (Å²) in [6.07, 6.45) is 3.64. The lowest BCUT2D eigenvalue weighted by atomic mass is 10.0. The highest BCUT2D eigenvalue weighted by molar-refractivity contribution is 6.09. The molecule has 3 heterocycles. The van der Waals surface area contributed by atoms with E-state index in [1.807, 2.05) is 0 Å². The number of rotatable bonds is 9. The van der Waals surface area contributed by atoms with E-state index in [1.54, 1.807) is 12.3 Å². The topological polar surface area (TPSA) is 107 Å². The minimum Gasteiger partial charge on any atom is -0.434 e. The molecule has 1 N–H and O–H groups in total. The maximum absolute atomic E-state index is 14.1. The highest BCUT2D eigenvalue weighted by Crippen LogP contribution is 2.38. The number of nitrogens with zero attached hydrogens (tertiary/aromatic N) is 6. The molecule has 0 saturated heterocycles. The van der Waals surface area contributed by atoms with Crippen LogP contribution in [0.15, 0.2) is 49.1 Å². The number of halogens is 4. The molecule has 0 spiro atoms. The van der Waals surface area contributed by atoms with Crippen molar-refractivity contribution < 1.29 is 31.9 Å². The average molecular weight is 519 g/mol. The maximum atomic E-state index is 14.1. The summed E-state index contributed by atoms with van der Waals surface area (Å²) in [7, 11) is 3.06. The van der Waals surface area contributed by atoms with E-state index in [-0.39, 0.29) is 51.9 Å². The van der Waals surface area contributed by atoms with Crippen LogP contribution in [-0.4, -0.2) is 68.5 Å². The SMILES string of the molecule is CN(C)C(=O)Cn1cc(NC(=O)c2cnn3cccnc23)c(-c2cc(C(F)CF)ccc2OC(F)F)n1. The predicted octanol–water partition coefficient (Wildman–Crippen LogP) is 3.51. The van der Waals surface area contributed by atoms with Crippen molar-refractivity contribution in [2.75, 3.05) is 26.1 Å². The van der Waals surface area contributed by atoms with Crippen molar-refractivity contribution in [1.82, 2.24) is 29.3 Å². The normalized spacial score (nSPS) is 12.1. The summed E-state index contributed by atoms with van der Waals surface area (Å²) in [6.45, 7) is -4.83. The first-order valence-electron chi connectivity index (χ1n) is 10.8. The molecule has 4 rings (SSSR count). The van der Waals surface area contributed by atoms with Crippen molar-refractivity contribution >= 4 is 23.1 Å². The lowest BCUT2D eigenvalue weighted by Gasteiger charge is -2.14. The van der Waals surface area contributed by atoms with Gasteiger partial charge in [-0.2, -0.15) is 19.0 Å². The Hall–Kier alpha value is -4.49. The third-order valence-electron chi connectivity index (χ3n) is 5.30. The van der Waals surface area contributed by atoms with E-state index in [4.69, 9.17) is 0 Å². The molecule has 1 unspecified atom stereocenters. The largest absolute Gasteiger partial charge is 0.434 e. The molecule has 0 bridgehead atoms. The van der Waals surface area contributed by atoms with E-state index in [1.165, 1.54) is 46.8 Å². The van der Waals surface area contributed by atoms with E-state index in [9.17, 15) is 27.2 Å². The molecule has 2 amide bonds. The number of likely N-dealkylation sites (N-methyl/N-ethyl adjacent to an activating group) is 1. The van der Waals surface area contributed by atoms with E-state index in [0.29, 0.717) is 0 Å². The molecule has 0 aliphatic rings. The van der Waals surface area contributed by atoms with Crippen LogP contribution in [-0.2, 0) is 11.3 Å². The van der Waals surface area contributed by atoms with Crippen LogP contribution in [0.2, 0.25) is 0 Å². The van der Waals surface area contributed by atoms with Crippen molar-refractivity contribution in [2.45, 2.75) is 19.3 Å². The molecule has 0 aliphatic carbocycles. The molecule has 10 nitrogen and oxygen atoms in total. The van der Waals surface area contributed by atoms with E-state index in [0.717, 1.165) is 18.2 Å². The number of carbonyl (C=O) groups is 2. The van der Waals surface area contributed by atoms with Crippen LogP contribution in [0.1, 0.15) is 22.1 Å². The van der Waals surface area contributed by atoms with Gasteiger partial charge in [-0.15, -0.1) is 0 Å². The first kappa shape index (κ1) is 25.6. The highest BCUT2D eigenvalue weighted by Gasteiger charge is 2.24. The van der Waals surface area contributed by atoms with Crippen molar-refractivity contribution in [3.05, 3.63) is 60.2 Å². The van der Waals surface area contributed by atoms with Gasteiger partial charge in [-0.25, -0.2) is 18.3 Å². The molecule has 4 aromatic rings. The Labute approximate surface area is 207 Å². The molecule has 37 heavy (non-hydrogen) atoms. The Morgan fingerprint density at radius 3 is 2.70 bits per heavy atom. The minimum atomic E-state index is -3.23. The van der Waals surface area contributed by atoms with Gasteiger partial charge in [-0.1, -0.05) is 6.07 Å². The van der Waals surface area contributed by atoms with Gasteiger partial charge in [0, 0.05) is 38.2 Å². The fraction of sp³-hybridized carbons (Fsp3) is 0.261. The Bertz CT molecular complexity index is 1440. The van der Waals surface area contributed by atoms with Crippen LogP contribution in [0.4, 0.5) is 23.2 Å². The molecule has 1 atom stereocenters. The van der Waals surface area contributed by atoms with Gasteiger partial charge < -0.3 is 15.0 Å². The Kier molecular flexibility index (Phi) is 7.36. The van der Waals surface area contributed by atoms with Gasteiger partial charge in [0.15, 0.2) is 11.8 Å². The zero-order valence-corrected chi connectivity index (χ0v) is 19.6. The zero-order valence-electron chi connectivity index (χ0n) is 19.6. The van der Waals surface area contributed by atoms with Crippen molar-refractivity contribution in [3.63, 3.8) is 0 Å². The fourth-order valence-corrected chi connectivity index (χ4v) is 3.47. The summed E-state index contributed by atoms with van der Waals surface area (Å²) in [4.78, 5) is 30.8. The quantitative estimate of drug-likeness (QED) is 0.339. The first-order chi connectivity index (χ1) is 17.7. The number of fused-ring (bicyclic) bond motifs is 1. The summed E-state index contributed by atoms with van der Waals surface area (Å²) >= 11 is 0. The van der Waals surface area contributed by atoms with E-state index < -0.39 is 25.4 Å². The number of benzene rings is 1. The third-order valence-corrected chi connectivity index (χ3v) is 5.30. The third kappa shape index (κ3) is 5.52. The first-order valence-corrected chi connectivity index (χ1v) is 10.8. The number of aromatic nitrogens is 5. The summed E-state index contributed by atoms with van der Waals surface area (Å²) in [5.41, 5.74) is -0.0431. The maximum Gasteiger partial charge on any atom is 0.387 e. The second-order valence-corrected chi connectivity index (χ2v) is 8.03. The van der Waals surface area contributed by atoms with Crippen LogP contribution < -0.4 is 10.1 Å². The van der Waals surface area contributed by atoms with Gasteiger partial charge >= 0.3 is 6.61 Å². The summed E-state index contributed by atoms with van der Waals surface area (Å²) in [5.74, 6) is -1.40. The molecule has 0 radical (unpaired) electrons. The van der Waals surface area contributed by atoms with Crippen LogP contribution in [0, 0.1) is 0 Å². The van der Waals surface area contributed by atoms with Gasteiger partial charge in [0.2, 0.25) is 5.91 Å². The number of amides is 2. The van der Waals surface area contributed by atoms with Gasteiger partial charge in [-0.3, -0.25) is 14.3 Å². The van der Waals surface area contributed by atoms with Crippen molar-refractivity contribution in [3.8, 4) is 17.0 Å². The lowest BCUT2D eigenvalue weighted by Crippen LogP contribution is -2.26. The van der Waals surface area contributed by atoms with Gasteiger partial charge in [0.25, 0.3) is 5.91 Å². The Morgan fingerprint density at radius 2 is 2.00 bits per heavy atom. The number of alkyl halides is 4. The average Bonchev–Trinajstić information content (AvgIpc) is 3.47. The summed E-state index contributed by atoms with van der Waals surface area (Å²) in [5, 5.41) is 10.9. The van der Waals surface area contributed by atoms with Gasteiger partial charge in [-0.05, 0) is 23.8 Å². The lowest BCUT2D eigenvalue weighted by molar-refractivity contribution is -0.129. The fourth-order valence-electron chi connectivity index (χ4n) is 3.47. The van der Waals surface area contributed by atoms with Crippen LogP contribution >= 0.6 is 0 Å². The van der Waals surface area contributed by atoms with E-state index >= 15 is 0 Å². The highest BCUT2D eigenvalue weighted by atomic mass is 19.3. The molecule has 1 aromatic carbocycles. The van der Waals surface area contributed by atoms with Crippen molar-refractivity contribution in [1.29, 1.82) is 0 Å². The molecule has 194 valence electrons. The second kappa shape index (κ2) is 10.6. The number of carbonyl (C=O) groups excluding carboxylic acids is 2.